The smallest absolute Gasteiger partial charge is 0.220 e. The molecular weight excluding hydrogens is 288 g/mol. The third kappa shape index (κ3) is 3.79. The molecular formula is C18H24N4O. The van der Waals surface area contributed by atoms with Crippen LogP contribution in [0.4, 0.5) is 0 Å². The summed E-state index contributed by atoms with van der Waals surface area (Å²) in [5, 5.41) is 3.23. The van der Waals surface area contributed by atoms with Crippen molar-refractivity contribution in [1.29, 1.82) is 0 Å². The van der Waals surface area contributed by atoms with Crippen LogP contribution in [-0.2, 0) is 18.3 Å². The number of aryl methyl sites for hydroxylation is 2. The fourth-order valence-electron chi connectivity index (χ4n) is 3.33. The molecule has 1 aliphatic heterocycles. The number of aromatic nitrogens is 2. The van der Waals surface area contributed by atoms with Gasteiger partial charge >= 0.3 is 0 Å². The van der Waals surface area contributed by atoms with Gasteiger partial charge in [-0.1, -0.05) is 30.3 Å². The predicted octanol–water partition coefficient (Wildman–Crippen LogP) is 1.57. The van der Waals surface area contributed by atoms with Crippen molar-refractivity contribution in [1.82, 2.24) is 19.8 Å². The molecule has 2 atom stereocenters. The number of nitrogens with zero attached hydrogens (tertiary/aromatic N) is 3. The minimum Gasteiger partial charge on any atom is -0.351 e. The van der Waals surface area contributed by atoms with Crippen LogP contribution in [0.2, 0.25) is 0 Å². The average molecular weight is 312 g/mol. The Hall–Kier alpha value is -2.14. The Morgan fingerprint density at radius 2 is 2.04 bits per heavy atom. The molecule has 1 fully saturated rings. The molecule has 0 aliphatic carbocycles. The zero-order valence-corrected chi connectivity index (χ0v) is 13.8. The highest BCUT2D eigenvalue weighted by Gasteiger charge is 2.32. The third-order valence-corrected chi connectivity index (χ3v) is 4.60. The fraction of sp³-hybridized carbons (Fsp3) is 0.444. The second-order valence-electron chi connectivity index (χ2n) is 6.41. The number of likely N-dealkylation sites (N-methyl/N-ethyl adjacent to an activating group) is 1. The van der Waals surface area contributed by atoms with Gasteiger partial charge in [-0.3, -0.25) is 4.79 Å². The molecule has 5 heteroatoms. The SMILES string of the molecule is CN1C[C@@H](NC(=O)CCc2cncn2C)[C@H](c2ccccc2)C1. The molecule has 1 aromatic heterocycles. The van der Waals surface area contributed by atoms with Crippen LogP contribution in [0.1, 0.15) is 23.6 Å². The van der Waals surface area contributed by atoms with Crippen LogP contribution in [-0.4, -0.2) is 46.5 Å². The van der Waals surface area contributed by atoms with E-state index in [1.54, 1.807) is 6.33 Å². The lowest BCUT2D eigenvalue weighted by Crippen LogP contribution is -2.39. The summed E-state index contributed by atoms with van der Waals surface area (Å²) in [6.45, 7) is 1.88. The van der Waals surface area contributed by atoms with Crippen LogP contribution in [0, 0.1) is 0 Å². The van der Waals surface area contributed by atoms with E-state index < -0.39 is 0 Å². The quantitative estimate of drug-likeness (QED) is 0.912. The molecule has 2 heterocycles. The van der Waals surface area contributed by atoms with Crippen LogP contribution in [0.15, 0.2) is 42.9 Å². The lowest BCUT2D eigenvalue weighted by atomic mass is 9.94. The topological polar surface area (TPSA) is 50.2 Å². The number of amides is 1. The first-order valence-electron chi connectivity index (χ1n) is 8.11. The van der Waals surface area contributed by atoms with Crippen molar-refractivity contribution in [3.05, 3.63) is 54.1 Å². The van der Waals surface area contributed by atoms with Crippen molar-refractivity contribution in [2.24, 2.45) is 7.05 Å². The number of rotatable bonds is 5. The molecule has 3 rings (SSSR count). The van der Waals surface area contributed by atoms with Crippen molar-refractivity contribution in [3.63, 3.8) is 0 Å². The van der Waals surface area contributed by atoms with Gasteiger partial charge in [0.05, 0.1) is 6.33 Å². The number of carbonyl (C=O) groups is 1. The number of benzene rings is 1. The largest absolute Gasteiger partial charge is 0.351 e. The van der Waals surface area contributed by atoms with Crippen LogP contribution >= 0.6 is 0 Å². The number of carbonyl (C=O) groups excluding carboxylic acids is 1. The summed E-state index contributed by atoms with van der Waals surface area (Å²) in [7, 11) is 4.06. The molecule has 1 aromatic carbocycles. The van der Waals surface area contributed by atoms with Gasteiger partial charge in [0.1, 0.15) is 0 Å². The van der Waals surface area contributed by atoms with Gasteiger partial charge < -0.3 is 14.8 Å². The fourth-order valence-corrected chi connectivity index (χ4v) is 3.33. The Morgan fingerprint density at radius 3 is 2.74 bits per heavy atom. The van der Waals surface area contributed by atoms with Gasteiger partial charge in [-0.05, 0) is 19.0 Å². The zero-order chi connectivity index (χ0) is 16.2. The molecule has 1 aliphatic rings. The van der Waals surface area contributed by atoms with Gasteiger partial charge in [0.15, 0.2) is 0 Å². The molecule has 0 bridgehead atoms. The number of imidazole rings is 1. The average Bonchev–Trinajstić information content (AvgIpc) is 3.12. The van der Waals surface area contributed by atoms with E-state index in [1.807, 2.05) is 23.9 Å². The number of likely N-dealkylation sites (tertiary alicyclic amines) is 1. The van der Waals surface area contributed by atoms with E-state index in [1.165, 1.54) is 5.56 Å². The maximum Gasteiger partial charge on any atom is 0.220 e. The normalized spacial score (nSPS) is 21.5. The second kappa shape index (κ2) is 6.96. The summed E-state index contributed by atoms with van der Waals surface area (Å²) >= 11 is 0. The Morgan fingerprint density at radius 1 is 1.26 bits per heavy atom. The van der Waals surface area contributed by atoms with Crippen molar-refractivity contribution >= 4 is 5.91 Å². The Bertz CT molecular complexity index is 652. The predicted molar refractivity (Wildman–Crippen MR) is 90.1 cm³/mol. The molecule has 0 saturated carbocycles. The van der Waals surface area contributed by atoms with Gasteiger partial charge in [0, 0.05) is 50.4 Å². The highest BCUT2D eigenvalue weighted by molar-refractivity contribution is 5.76. The number of hydrogen-bond acceptors (Lipinski definition) is 3. The van der Waals surface area contributed by atoms with E-state index in [2.05, 4.69) is 46.5 Å². The lowest BCUT2D eigenvalue weighted by molar-refractivity contribution is -0.121. The van der Waals surface area contributed by atoms with Crippen LogP contribution < -0.4 is 5.32 Å². The minimum absolute atomic E-state index is 0.118. The van der Waals surface area contributed by atoms with Crippen LogP contribution in [0.25, 0.3) is 0 Å². The summed E-state index contributed by atoms with van der Waals surface area (Å²) in [4.78, 5) is 18.7. The molecule has 2 aromatic rings. The maximum absolute atomic E-state index is 12.3. The molecule has 1 amide bonds. The number of hydrogen-bond donors (Lipinski definition) is 1. The molecule has 122 valence electrons. The minimum atomic E-state index is 0.118. The lowest BCUT2D eigenvalue weighted by Gasteiger charge is -2.20. The third-order valence-electron chi connectivity index (χ3n) is 4.60. The Kier molecular flexibility index (Phi) is 4.76. The van der Waals surface area contributed by atoms with Gasteiger partial charge in [0.25, 0.3) is 0 Å². The van der Waals surface area contributed by atoms with E-state index in [9.17, 15) is 4.79 Å². The summed E-state index contributed by atoms with van der Waals surface area (Å²) in [6.07, 6.45) is 4.82. The second-order valence-corrected chi connectivity index (χ2v) is 6.41. The van der Waals surface area contributed by atoms with Crippen molar-refractivity contribution in [3.8, 4) is 0 Å². The standard InChI is InChI=1S/C18H24N4O/c1-21-11-16(14-6-4-3-5-7-14)17(12-21)20-18(23)9-8-15-10-19-13-22(15)2/h3-7,10,13,16-17H,8-9,11-12H2,1-2H3,(H,20,23)/t16-,17+/m0/s1. The van der Waals surface area contributed by atoms with E-state index in [0.29, 0.717) is 12.3 Å². The first-order valence-corrected chi connectivity index (χ1v) is 8.11. The highest BCUT2D eigenvalue weighted by Crippen LogP contribution is 2.26. The maximum atomic E-state index is 12.3. The molecule has 1 N–H and O–H groups in total. The summed E-state index contributed by atoms with van der Waals surface area (Å²) < 4.78 is 1.96. The Balaban J connectivity index is 1.59. The summed E-state index contributed by atoms with van der Waals surface area (Å²) in [5.74, 6) is 0.481. The van der Waals surface area contributed by atoms with E-state index in [-0.39, 0.29) is 11.9 Å². The molecule has 23 heavy (non-hydrogen) atoms. The van der Waals surface area contributed by atoms with Crippen molar-refractivity contribution in [2.45, 2.75) is 24.8 Å². The van der Waals surface area contributed by atoms with Crippen molar-refractivity contribution < 1.29 is 4.79 Å². The van der Waals surface area contributed by atoms with E-state index in [0.717, 1.165) is 25.2 Å². The molecule has 5 nitrogen and oxygen atoms in total. The van der Waals surface area contributed by atoms with Crippen LogP contribution in [0.3, 0.4) is 0 Å². The molecule has 0 unspecified atom stereocenters. The zero-order valence-electron chi connectivity index (χ0n) is 13.8. The van der Waals surface area contributed by atoms with E-state index >= 15 is 0 Å². The van der Waals surface area contributed by atoms with Gasteiger partial charge in [-0.2, -0.15) is 0 Å². The van der Waals surface area contributed by atoms with Crippen molar-refractivity contribution in [2.75, 3.05) is 20.1 Å². The van der Waals surface area contributed by atoms with Gasteiger partial charge in [0.2, 0.25) is 5.91 Å². The van der Waals surface area contributed by atoms with Gasteiger partial charge in [-0.15, -0.1) is 0 Å². The highest BCUT2D eigenvalue weighted by atomic mass is 16.1. The molecule has 0 radical (unpaired) electrons. The van der Waals surface area contributed by atoms with Crippen LogP contribution in [0.5, 0.6) is 0 Å². The Labute approximate surface area is 137 Å². The molecule has 1 saturated heterocycles. The van der Waals surface area contributed by atoms with Gasteiger partial charge in [-0.25, -0.2) is 4.98 Å². The molecule has 0 spiro atoms. The van der Waals surface area contributed by atoms with E-state index in [4.69, 9.17) is 0 Å². The first kappa shape index (κ1) is 15.7. The number of nitrogens with one attached hydrogen (secondary N) is 1. The summed E-state index contributed by atoms with van der Waals surface area (Å²) in [5.41, 5.74) is 2.39. The monoisotopic (exact) mass is 312 g/mol. The summed E-state index contributed by atoms with van der Waals surface area (Å²) in [6, 6.07) is 10.6. The first-order chi connectivity index (χ1) is 11.1.